The van der Waals surface area contributed by atoms with E-state index in [0.717, 1.165) is 17.5 Å². The minimum Gasteiger partial charge on any atom is -0.364 e. The SMILES string of the molecule is CC#CC(=O)N1CCCCC1c1nc(-c2ccc(C(=O)Nc3cc(C#N)ccn3)cc2)c(C(N)=O)n1N. The van der Waals surface area contributed by atoms with Gasteiger partial charge in [0.15, 0.2) is 11.5 Å². The Morgan fingerprint density at radius 2 is 1.92 bits per heavy atom. The molecule has 3 heterocycles. The Kier molecular flexibility index (Phi) is 7.16. The topological polar surface area (TPSA) is 173 Å². The Morgan fingerprint density at radius 1 is 1.16 bits per heavy atom. The van der Waals surface area contributed by atoms with Crippen molar-refractivity contribution in [2.24, 2.45) is 5.73 Å². The molecule has 4 rings (SSSR count). The first-order chi connectivity index (χ1) is 17.8. The first kappa shape index (κ1) is 24.9. The van der Waals surface area contributed by atoms with E-state index < -0.39 is 17.9 Å². The predicted octanol–water partition coefficient (Wildman–Crippen LogP) is 1.96. The van der Waals surface area contributed by atoms with Crippen LogP contribution < -0.4 is 16.9 Å². The summed E-state index contributed by atoms with van der Waals surface area (Å²) in [5.74, 6) is 10.5. The number of primary amides is 1. The Labute approximate surface area is 213 Å². The van der Waals surface area contributed by atoms with Gasteiger partial charge in [-0.25, -0.2) is 14.6 Å². The molecule has 5 N–H and O–H groups in total. The molecule has 3 aromatic rings. The number of nitrogens with zero attached hydrogens (tertiary/aromatic N) is 5. The number of nitrogens with two attached hydrogens (primary N) is 2. The molecule has 2 aromatic heterocycles. The molecule has 1 aliphatic rings. The van der Waals surface area contributed by atoms with Crippen LogP contribution in [-0.4, -0.2) is 43.8 Å². The van der Waals surface area contributed by atoms with E-state index in [1.54, 1.807) is 36.1 Å². The summed E-state index contributed by atoms with van der Waals surface area (Å²) in [6.07, 6.45) is 3.73. The second-order valence-corrected chi connectivity index (χ2v) is 8.36. The molecule has 0 radical (unpaired) electrons. The molecule has 1 unspecified atom stereocenters. The number of nitriles is 1. The van der Waals surface area contributed by atoms with E-state index in [1.165, 1.54) is 18.3 Å². The zero-order chi connectivity index (χ0) is 26.5. The van der Waals surface area contributed by atoms with Crippen LogP contribution in [0.1, 0.15) is 64.5 Å². The molecule has 1 aromatic carbocycles. The van der Waals surface area contributed by atoms with E-state index in [9.17, 15) is 14.4 Å². The standard InChI is InChI=1S/C26H24N8O3/c1-2-5-21(35)33-13-4-3-6-19(33)25-32-22(23(24(28)36)34(25)29)17-7-9-18(10-8-17)26(37)31-20-14-16(15-27)11-12-30-20/h7-12,14,19H,3-4,6,13,29H2,1H3,(H2,28,36)(H,30,31,37). The van der Waals surface area contributed by atoms with Crippen LogP contribution in [-0.2, 0) is 4.79 Å². The lowest BCUT2D eigenvalue weighted by molar-refractivity contribution is -0.129. The van der Waals surface area contributed by atoms with Crippen LogP contribution in [0.15, 0.2) is 42.6 Å². The smallest absolute Gasteiger partial charge is 0.299 e. The number of aromatic nitrogens is 3. The lowest BCUT2D eigenvalue weighted by atomic mass is 10.0. The molecule has 0 saturated carbocycles. The Balaban J connectivity index is 1.65. The minimum absolute atomic E-state index is 0.00994. The van der Waals surface area contributed by atoms with E-state index in [2.05, 4.69) is 27.1 Å². The van der Waals surface area contributed by atoms with Crippen molar-refractivity contribution in [3.8, 4) is 29.2 Å². The van der Waals surface area contributed by atoms with Gasteiger partial charge in [-0.05, 0) is 56.4 Å². The maximum Gasteiger partial charge on any atom is 0.299 e. The predicted molar refractivity (Wildman–Crippen MR) is 135 cm³/mol. The molecule has 1 saturated heterocycles. The number of anilines is 1. The van der Waals surface area contributed by atoms with Crippen LogP contribution in [0.2, 0.25) is 0 Å². The van der Waals surface area contributed by atoms with Gasteiger partial charge in [-0.15, -0.1) is 0 Å². The Hall–Kier alpha value is -5.16. The number of pyridine rings is 1. The van der Waals surface area contributed by atoms with Crippen LogP contribution >= 0.6 is 0 Å². The van der Waals surface area contributed by atoms with Gasteiger partial charge in [0.25, 0.3) is 17.7 Å². The lowest BCUT2D eigenvalue weighted by Gasteiger charge is -2.33. The fourth-order valence-corrected chi connectivity index (χ4v) is 4.28. The van der Waals surface area contributed by atoms with E-state index in [-0.39, 0.29) is 23.1 Å². The molecule has 11 heteroatoms. The summed E-state index contributed by atoms with van der Waals surface area (Å²) >= 11 is 0. The molecular formula is C26H24N8O3. The summed E-state index contributed by atoms with van der Waals surface area (Å²) in [5.41, 5.74) is 7.10. The molecule has 0 spiro atoms. The molecule has 0 bridgehead atoms. The summed E-state index contributed by atoms with van der Waals surface area (Å²) in [6, 6.07) is 10.9. The number of nitrogens with one attached hydrogen (secondary N) is 1. The molecule has 1 fully saturated rings. The second kappa shape index (κ2) is 10.6. The third-order valence-corrected chi connectivity index (χ3v) is 6.02. The van der Waals surface area contributed by atoms with Crippen LogP contribution in [0, 0.1) is 23.2 Å². The fraction of sp³-hybridized carbons (Fsp3) is 0.231. The fourth-order valence-electron chi connectivity index (χ4n) is 4.28. The van der Waals surface area contributed by atoms with Gasteiger partial charge in [0.2, 0.25) is 0 Å². The highest BCUT2D eigenvalue weighted by Crippen LogP contribution is 2.33. The third-order valence-electron chi connectivity index (χ3n) is 6.02. The van der Waals surface area contributed by atoms with Gasteiger partial charge in [0.05, 0.1) is 17.7 Å². The number of nitrogen functional groups attached to an aromatic ring is 1. The highest BCUT2D eigenvalue weighted by Gasteiger charge is 2.33. The number of carbonyl (C=O) groups is 3. The van der Waals surface area contributed by atoms with Crippen LogP contribution in [0.25, 0.3) is 11.3 Å². The van der Waals surface area contributed by atoms with Gasteiger partial charge >= 0.3 is 0 Å². The first-order valence-corrected chi connectivity index (χ1v) is 11.5. The monoisotopic (exact) mass is 496 g/mol. The summed E-state index contributed by atoms with van der Waals surface area (Å²) in [7, 11) is 0. The van der Waals surface area contributed by atoms with Crippen molar-refractivity contribution in [1.82, 2.24) is 19.5 Å². The first-order valence-electron chi connectivity index (χ1n) is 11.5. The number of piperidine rings is 1. The van der Waals surface area contributed by atoms with Crippen LogP contribution in [0.4, 0.5) is 5.82 Å². The molecule has 37 heavy (non-hydrogen) atoms. The van der Waals surface area contributed by atoms with Crippen molar-refractivity contribution in [1.29, 1.82) is 5.26 Å². The van der Waals surface area contributed by atoms with E-state index in [4.69, 9.17) is 16.8 Å². The number of carbonyl (C=O) groups excluding carboxylic acids is 3. The maximum atomic E-state index is 12.7. The number of hydrogen-bond donors (Lipinski definition) is 3. The number of likely N-dealkylation sites (tertiary alicyclic amines) is 1. The van der Waals surface area contributed by atoms with E-state index >= 15 is 0 Å². The summed E-state index contributed by atoms with van der Waals surface area (Å²) < 4.78 is 1.14. The van der Waals surface area contributed by atoms with Gasteiger partial charge in [-0.2, -0.15) is 5.26 Å². The van der Waals surface area contributed by atoms with Crippen molar-refractivity contribution in [3.05, 3.63) is 65.2 Å². The average molecular weight is 497 g/mol. The van der Waals surface area contributed by atoms with Gasteiger partial charge in [-0.3, -0.25) is 14.4 Å². The zero-order valence-electron chi connectivity index (χ0n) is 20.1. The molecule has 0 aliphatic carbocycles. The molecule has 1 aliphatic heterocycles. The van der Waals surface area contributed by atoms with Crippen LogP contribution in [0.5, 0.6) is 0 Å². The largest absolute Gasteiger partial charge is 0.364 e. The normalized spacial score (nSPS) is 14.7. The molecule has 11 nitrogen and oxygen atoms in total. The zero-order valence-corrected chi connectivity index (χ0v) is 20.1. The van der Waals surface area contributed by atoms with Crippen LogP contribution in [0.3, 0.4) is 0 Å². The Morgan fingerprint density at radius 3 is 2.59 bits per heavy atom. The molecule has 3 amide bonds. The van der Waals surface area contributed by atoms with Crippen molar-refractivity contribution >= 4 is 23.5 Å². The maximum absolute atomic E-state index is 12.7. The number of rotatable bonds is 5. The molecule has 186 valence electrons. The van der Waals surface area contributed by atoms with Gasteiger partial charge in [-0.1, -0.05) is 18.1 Å². The third kappa shape index (κ3) is 5.11. The number of imidazole rings is 1. The summed E-state index contributed by atoms with van der Waals surface area (Å²) in [5, 5.41) is 11.7. The Bertz CT molecular complexity index is 1470. The highest BCUT2D eigenvalue weighted by molar-refractivity contribution is 6.04. The van der Waals surface area contributed by atoms with Crippen molar-refractivity contribution < 1.29 is 14.4 Å². The minimum atomic E-state index is -0.774. The average Bonchev–Trinajstić information content (AvgIpc) is 3.26. The molecular weight excluding hydrogens is 472 g/mol. The van der Waals surface area contributed by atoms with Gasteiger partial charge in [0.1, 0.15) is 11.5 Å². The quantitative estimate of drug-likeness (QED) is 0.357. The number of amides is 3. The molecule has 1 atom stereocenters. The second-order valence-electron chi connectivity index (χ2n) is 8.36. The van der Waals surface area contributed by atoms with Gasteiger partial charge < -0.3 is 21.8 Å². The van der Waals surface area contributed by atoms with E-state index in [1.807, 2.05) is 6.07 Å². The van der Waals surface area contributed by atoms with Crippen molar-refractivity contribution in [2.75, 3.05) is 17.7 Å². The van der Waals surface area contributed by atoms with E-state index in [0.29, 0.717) is 35.5 Å². The highest BCUT2D eigenvalue weighted by atomic mass is 16.2. The summed E-state index contributed by atoms with van der Waals surface area (Å²) in [6.45, 7) is 2.09. The number of benzene rings is 1. The van der Waals surface area contributed by atoms with Crippen molar-refractivity contribution in [3.63, 3.8) is 0 Å². The summed E-state index contributed by atoms with van der Waals surface area (Å²) in [4.78, 5) is 47.9. The lowest BCUT2D eigenvalue weighted by Crippen LogP contribution is -2.40. The van der Waals surface area contributed by atoms with Crippen molar-refractivity contribution in [2.45, 2.75) is 32.2 Å². The number of hydrogen-bond acceptors (Lipinski definition) is 7. The van der Waals surface area contributed by atoms with Gasteiger partial charge in [0, 0.05) is 23.9 Å².